The molecule has 0 radical (unpaired) electrons. The molecule has 2 aliphatic rings. The molecule has 0 spiro atoms. The Morgan fingerprint density at radius 1 is 0.312 bits per heavy atom. The monoisotopic (exact) mass is 1990 g/mol. The molecule has 138 heavy (non-hydrogen) atoms. The van der Waals surface area contributed by atoms with E-state index in [9.17, 15) is 25.4 Å². The van der Waals surface area contributed by atoms with Gasteiger partial charge in [0.15, 0.2) is 11.6 Å². The topological polar surface area (TPSA) is 106 Å². The molecule has 0 saturated heterocycles. The second-order valence-corrected chi connectivity index (χ2v) is 48.5. The highest BCUT2D eigenvalue weighted by Gasteiger charge is 2.36. The van der Waals surface area contributed by atoms with Crippen LogP contribution in [0.1, 0.15) is 437 Å². The second kappa shape index (κ2) is 57.4. The van der Waals surface area contributed by atoms with E-state index in [1.54, 1.807) is 11.3 Å². The zero-order chi connectivity index (χ0) is 96.8. The van der Waals surface area contributed by atoms with Gasteiger partial charge in [-0.3, -0.25) is 9.59 Å². The number of nitriles is 3. The lowest BCUT2D eigenvalue weighted by atomic mass is 9.95. The summed E-state index contributed by atoms with van der Waals surface area (Å²) in [5.74, 6) is 3.73. The maximum atomic E-state index is 14.8. The number of allylic oxidation sites excluding steroid dienone is 6. The van der Waals surface area contributed by atoms with Crippen molar-refractivity contribution >= 4 is 146 Å². The van der Waals surface area contributed by atoms with Crippen molar-refractivity contribution in [3.8, 4) is 90.4 Å². The van der Waals surface area contributed by atoms with Gasteiger partial charge in [0.05, 0.1) is 0 Å². The Morgan fingerprint density at radius 3 is 0.913 bits per heavy atom. The van der Waals surface area contributed by atoms with Crippen LogP contribution in [0, 0.1) is 58.2 Å². The number of thiophene rings is 8. The van der Waals surface area contributed by atoms with Gasteiger partial charge in [0, 0.05) is 133 Å². The normalized spacial score (nSPS) is 14.0. The van der Waals surface area contributed by atoms with E-state index in [0.717, 1.165) is 79.5 Å². The van der Waals surface area contributed by atoms with E-state index in [2.05, 4.69) is 169 Å². The number of carbonyl (C=O) groups is 2. The number of terminal acetylenes is 1. The summed E-state index contributed by atoms with van der Waals surface area (Å²) in [5, 5.41) is 34.4. The summed E-state index contributed by atoms with van der Waals surface area (Å²) in [6.07, 6.45) is 76.9. The first kappa shape index (κ1) is 107. The lowest BCUT2D eigenvalue weighted by Gasteiger charge is -2.13. The van der Waals surface area contributed by atoms with Crippen LogP contribution in [0.25, 0.3) is 103 Å². The van der Waals surface area contributed by atoms with Crippen LogP contribution in [0.15, 0.2) is 131 Å². The number of unbranched alkanes of at least 4 members (excludes halogenated alkanes) is 38. The predicted molar refractivity (Wildman–Crippen MR) is 610 cm³/mol. The number of benzene rings is 3. The Hall–Kier alpha value is -7.89. The van der Waals surface area contributed by atoms with Gasteiger partial charge in [-0.15, -0.1) is 97.1 Å². The van der Waals surface area contributed by atoms with Gasteiger partial charge >= 0.3 is 0 Å². The van der Waals surface area contributed by atoms with E-state index in [1.807, 2.05) is 111 Å². The molecule has 0 amide bonds. The first-order chi connectivity index (χ1) is 67.8. The predicted octanol–water partition coefficient (Wildman–Crippen LogP) is 42.1. The summed E-state index contributed by atoms with van der Waals surface area (Å²) in [6.45, 7) is 18.7. The third kappa shape index (κ3) is 28.8. The number of ketones is 2. The molecule has 11 aromatic rings. The minimum atomic E-state index is -0.135. The molecule has 3 aromatic carbocycles. The summed E-state index contributed by atoms with van der Waals surface area (Å²) < 4.78 is 2.75. The van der Waals surface area contributed by atoms with E-state index >= 15 is 0 Å². The maximum Gasteiger partial charge on any atom is 0.194 e. The smallest absolute Gasteiger partial charge is 0.194 e. The highest BCUT2D eigenvalue weighted by Crippen LogP contribution is 2.58. The van der Waals surface area contributed by atoms with Gasteiger partial charge in [-0.1, -0.05) is 392 Å². The number of hydrogen-bond acceptors (Lipinski definition) is 13. The van der Waals surface area contributed by atoms with Crippen LogP contribution in [-0.4, -0.2) is 11.6 Å². The summed E-state index contributed by atoms with van der Waals surface area (Å²) in [6, 6.07) is 47.2. The summed E-state index contributed by atoms with van der Waals surface area (Å²) in [5.41, 5.74) is 12.9. The molecule has 13 heteroatoms. The van der Waals surface area contributed by atoms with Crippen LogP contribution in [0.3, 0.4) is 0 Å². The van der Waals surface area contributed by atoms with Crippen molar-refractivity contribution < 1.29 is 9.59 Å². The Labute approximate surface area is 863 Å². The fourth-order valence-electron chi connectivity index (χ4n) is 21.1. The molecule has 8 aromatic heterocycles. The maximum absolute atomic E-state index is 14.8. The molecule has 730 valence electrons. The third-order valence-corrected chi connectivity index (χ3v) is 39.0. The van der Waals surface area contributed by atoms with Crippen LogP contribution in [0.2, 0.25) is 0 Å². The molecule has 0 fully saturated rings. The Balaban J connectivity index is 1.000. The summed E-state index contributed by atoms with van der Waals surface area (Å²) >= 11 is 15.8. The molecule has 13 rings (SSSR count). The van der Waals surface area contributed by atoms with Crippen LogP contribution in [0.5, 0.6) is 0 Å². The van der Waals surface area contributed by atoms with Gasteiger partial charge in [0.25, 0.3) is 0 Å². The van der Waals surface area contributed by atoms with Gasteiger partial charge in [0.2, 0.25) is 0 Å². The fourth-order valence-corrected chi connectivity index (χ4v) is 31.4. The number of carbonyl (C=O) groups excluding carboxylic acids is 2. The average Bonchev–Trinajstić information content (AvgIpc) is 1.55. The number of aryl methyl sites for hydroxylation is 4. The van der Waals surface area contributed by atoms with Crippen molar-refractivity contribution in [3.05, 3.63) is 196 Å². The zero-order valence-corrected chi connectivity index (χ0v) is 91.4. The van der Waals surface area contributed by atoms with Crippen molar-refractivity contribution in [1.29, 1.82) is 15.8 Å². The van der Waals surface area contributed by atoms with E-state index < -0.39 is 0 Å². The fraction of sp³-hybridized carbons (Fsp3) is 0.512. The second-order valence-electron chi connectivity index (χ2n) is 39.7. The summed E-state index contributed by atoms with van der Waals surface area (Å²) in [7, 11) is 0. The minimum Gasteiger partial charge on any atom is -0.289 e. The van der Waals surface area contributed by atoms with Crippen molar-refractivity contribution in [2.75, 3.05) is 0 Å². The van der Waals surface area contributed by atoms with Crippen molar-refractivity contribution in [3.63, 3.8) is 0 Å². The largest absolute Gasteiger partial charge is 0.289 e. The number of hydrogen-bond donors (Lipinski definition) is 0. The first-order valence-corrected chi connectivity index (χ1v) is 61.0. The molecular formula is C125H155N3O2S8. The molecule has 2 unspecified atom stereocenters. The van der Waals surface area contributed by atoms with Gasteiger partial charge < -0.3 is 0 Å². The number of Topliss-reactive ketones (excluding diaryl/α,β-unsaturated/α-hetero) is 2. The van der Waals surface area contributed by atoms with Gasteiger partial charge in [-0.05, 0) is 182 Å². The van der Waals surface area contributed by atoms with Crippen LogP contribution in [-0.2, 0) is 38.5 Å². The lowest BCUT2D eigenvalue weighted by molar-refractivity contribution is 0.103. The molecule has 0 saturated carbocycles. The van der Waals surface area contributed by atoms with Crippen molar-refractivity contribution in [2.24, 2.45) is 11.8 Å². The Morgan fingerprint density at radius 2 is 0.601 bits per heavy atom. The molecular weight excluding hydrogens is 1830 g/mol. The molecule has 0 aliphatic heterocycles. The van der Waals surface area contributed by atoms with Gasteiger partial charge in [-0.25, -0.2) is 0 Å². The van der Waals surface area contributed by atoms with E-state index in [-0.39, 0.29) is 22.7 Å². The number of rotatable bonds is 64. The molecule has 2 atom stereocenters. The Bertz CT molecular complexity index is 5620. The van der Waals surface area contributed by atoms with E-state index in [4.69, 9.17) is 6.42 Å². The zero-order valence-electron chi connectivity index (χ0n) is 84.9. The standard InChI is InChI=1S/C125H155N3O2S8/c1-10-19-25-29-33-37-41-45-49-53-63-91-77-98(81-104-114(90(18-9)85-126)100-67-57-59-69-102(100)118(104)129)133-120(91)110-79-93(65-55-51-47-43-39-35-31-27-21-12-3)122(135-110)112-83-106-116(108-73-71-96(131-108)75-88(16-7)61-23-14-5)125-107(117(124(106)137-112)109-74-72-97(132-109)76-89(17-8)62-24-15-6)84-113(138-125)123-94(66-56-52-48-44-40-36-32-28-22-13-4)80-111(136-123)121-92(64-54-50-46-42-38-34-30-26-20-11-2)78-99(134-121)82-105-115(95(86-127)87-128)101-68-58-60-70-103(101)119(105)130/h9,57-60,67-74,77-84,88-89H,10-17,19-56,61-66,75-76H2,1-8H3/b104-81-,105-82-,114-90-. The quantitative estimate of drug-likeness (QED) is 0.0163. The first-order valence-electron chi connectivity index (χ1n) is 54.5. The SMILES string of the molecule is C#C/C(C#N)=C1/C(=C/c2cc(CCCCCCCCCCCC)c(-c3cc(CCCCCCCCCCCC)c(-c4cc5c(-c6ccc(CC(CC)CCCC)s6)c6sc(-c7sc(-c8sc(/C=C9\C(=O)c%10ccccc%10C9=C(C#N)C#N)cc8CCCCCCCCCCCC)cc7CCCCCCCCCCCC)cc6c(-c6ccc(CC(CC)CCCC)s6)c5s4)s3)s2)C(=O)c2ccccc21. The number of fused-ring (bicyclic) bond motifs is 4. The lowest BCUT2D eigenvalue weighted by Crippen LogP contribution is -2.01. The highest BCUT2D eigenvalue weighted by atomic mass is 32.1. The van der Waals surface area contributed by atoms with E-state index in [0.29, 0.717) is 50.8 Å². The van der Waals surface area contributed by atoms with Crippen LogP contribution < -0.4 is 0 Å². The number of nitrogens with zero attached hydrogens (tertiary/aromatic N) is 3. The molecule has 0 N–H and O–H groups in total. The van der Waals surface area contributed by atoms with Gasteiger partial charge in [0.1, 0.15) is 29.4 Å². The van der Waals surface area contributed by atoms with Crippen molar-refractivity contribution in [2.45, 2.75) is 402 Å². The average molecular weight is 1990 g/mol. The van der Waals surface area contributed by atoms with Crippen molar-refractivity contribution in [1.82, 2.24) is 0 Å². The third-order valence-electron chi connectivity index (χ3n) is 29.2. The van der Waals surface area contributed by atoms with Gasteiger partial charge in [-0.2, -0.15) is 15.8 Å². The summed E-state index contributed by atoms with van der Waals surface area (Å²) in [4.78, 5) is 47.8. The van der Waals surface area contributed by atoms with Crippen LogP contribution >= 0.6 is 90.7 Å². The minimum absolute atomic E-state index is 0.0297. The molecule has 0 bridgehead atoms. The highest BCUT2D eigenvalue weighted by molar-refractivity contribution is 7.31. The molecule has 8 heterocycles. The van der Waals surface area contributed by atoms with E-state index in [1.165, 1.54) is 395 Å². The van der Waals surface area contributed by atoms with Crippen LogP contribution in [0.4, 0.5) is 0 Å². The Kier molecular flexibility index (Phi) is 44.7. The molecule has 5 nitrogen and oxygen atoms in total. The molecule has 2 aliphatic carbocycles.